The van der Waals surface area contributed by atoms with Crippen LogP contribution in [0, 0.1) is 6.92 Å². The standard InChI is InChI=1S/C22H28BrFN2O/c1-13-10-18-14(2)19(25)9-8-16(18)21(26(13)12-22(3,4)24)17-7-6-15(23)11-20(17)27-5/h6-9,11,13,21H,10,12,25H2,1-5H3/t13-,21?/m1/s1. The molecule has 0 aromatic heterocycles. The van der Waals surface area contributed by atoms with Gasteiger partial charge in [-0.1, -0.05) is 28.1 Å². The predicted octanol–water partition coefficient (Wildman–Crippen LogP) is 5.43. The fourth-order valence-corrected chi connectivity index (χ4v) is 4.45. The van der Waals surface area contributed by atoms with Gasteiger partial charge in [0.2, 0.25) is 0 Å². The normalized spacial score (nSPS) is 20.4. The molecule has 0 aliphatic carbocycles. The summed E-state index contributed by atoms with van der Waals surface area (Å²) in [7, 11) is 1.68. The minimum absolute atomic E-state index is 0.0823. The maximum absolute atomic E-state index is 14.7. The third-order valence-electron chi connectivity index (χ3n) is 5.42. The molecule has 1 unspecified atom stereocenters. The topological polar surface area (TPSA) is 38.5 Å². The lowest BCUT2D eigenvalue weighted by Gasteiger charge is -2.45. The van der Waals surface area contributed by atoms with Crippen LogP contribution in [0.2, 0.25) is 0 Å². The highest BCUT2D eigenvalue weighted by atomic mass is 79.9. The van der Waals surface area contributed by atoms with Crippen molar-refractivity contribution < 1.29 is 9.13 Å². The Bertz CT molecular complexity index is 847. The largest absolute Gasteiger partial charge is 0.496 e. The number of fused-ring (bicyclic) bond motifs is 1. The molecule has 0 saturated carbocycles. The number of nitrogen functional groups attached to an aromatic ring is 1. The Labute approximate surface area is 169 Å². The summed E-state index contributed by atoms with van der Waals surface area (Å²) in [5.41, 5.74) is 10.3. The molecule has 0 saturated heterocycles. The lowest BCUT2D eigenvalue weighted by Crippen LogP contribution is -2.48. The Morgan fingerprint density at radius 3 is 2.56 bits per heavy atom. The van der Waals surface area contributed by atoms with Crippen LogP contribution in [0.5, 0.6) is 5.75 Å². The van der Waals surface area contributed by atoms with Gasteiger partial charge in [-0.15, -0.1) is 0 Å². The number of hydrogen-bond donors (Lipinski definition) is 1. The maximum atomic E-state index is 14.7. The van der Waals surface area contributed by atoms with Gasteiger partial charge in [0.1, 0.15) is 11.4 Å². The molecule has 1 aliphatic rings. The molecule has 5 heteroatoms. The van der Waals surface area contributed by atoms with Crippen LogP contribution in [0.3, 0.4) is 0 Å². The van der Waals surface area contributed by atoms with Crippen molar-refractivity contribution in [3.63, 3.8) is 0 Å². The molecule has 146 valence electrons. The molecule has 3 nitrogen and oxygen atoms in total. The van der Waals surface area contributed by atoms with Crippen LogP contribution in [-0.2, 0) is 6.42 Å². The van der Waals surface area contributed by atoms with Crippen molar-refractivity contribution in [2.24, 2.45) is 0 Å². The van der Waals surface area contributed by atoms with Crippen LogP contribution >= 0.6 is 15.9 Å². The summed E-state index contributed by atoms with van der Waals surface area (Å²) >= 11 is 3.52. The van der Waals surface area contributed by atoms with Crippen LogP contribution in [0.25, 0.3) is 0 Å². The van der Waals surface area contributed by atoms with Gasteiger partial charge in [0.25, 0.3) is 0 Å². The zero-order valence-corrected chi connectivity index (χ0v) is 18.2. The van der Waals surface area contributed by atoms with E-state index in [1.165, 1.54) is 11.1 Å². The Balaban J connectivity index is 2.23. The van der Waals surface area contributed by atoms with E-state index in [1.807, 2.05) is 18.2 Å². The molecular weight excluding hydrogens is 407 g/mol. The van der Waals surface area contributed by atoms with Gasteiger partial charge in [-0.3, -0.25) is 4.90 Å². The molecule has 0 bridgehead atoms. The van der Waals surface area contributed by atoms with Crippen molar-refractivity contribution in [2.45, 2.75) is 51.9 Å². The average Bonchev–Trinajstić information content (AvgIpc) is 2.59. The minimum Gasteiger partial charge on any atom is -0.496 e. The number of anilines is 1. The van der Waals surface area contributed by atoms with E-state index in [0.29, 0.717) is 6.54 Å². The molecule has 3 rings (SSSR count). The van der Waals surface area contributed by atoms with E-state index in [1.54, 1.807) is 21.0 Å². The van der Waals surface area contributed by atoms with Gasteiger partial charge < -0.3 is 10.5 Å². The average molecular weight is 435 g/mol. The number of halogens is 2. The SMILES string of the molecule is COc1cc(Br)ccc1C1c2ccc(N)c(C)c2C[C@@H](C)N1CC(C)(C)F. The highest BCUT2D eigenvalue weighted by Gasteiger charge is 2.38. The molecule has 2 aromatic rings. The summed E-state index contributed by atoms with van der Waals surface area (Å²) in [5.74, 6) is 0.797. The van der Waals surface area contributed by atoms with Gasteiger partial charge in [-0.05, 0) is 69.0 Å². The first-order valence-corrected chi connectivity index (χ1v) is 10.1. The Morgan fingerprint density at radius 1 is 1.26 bits per heavy atom. The first-order valence-electron chi connectivity index (χ1n) is 9.28. The van der Waals surface area contributed by atoms with Gasteiger partial charge in [0.05, 0.1) is 13.2 Å². The van der Waals surface area contributed by atoms with Crippen molar-refractivity contribution >= 4 is 21.6 Å². The second-order valence-corrected chi connectivity index (χ2v) is 9.00. The van der Waals surface area contributed by atoms with E-state index in [4.69, 9.17) is 10.5 Å². The molecule has 0 radical (unpaired) electrons. The first-order chi connectivity index (χ1) is 12.6. The molecule has 0 spiro atoms. The zero-order chi connectivity index (χ0) is 19.9. The summed E-state index contributed by atoms with van der Waals surface area (Å²) in [6.45, 7) is 7.86. The molecule has 0 fully saturated rings. The fourth-order valence-electron chi connectivity index (χ4n) is 4.11. The van der Waals surface area contributed by atoms with Crippen molar-refractivity contribution in [1.82, 2.24) is 4.90 Å². The van der Waals surface area contributed by atoms with Crippen molar-refractivity contribution in [1.29, 1.82) is 0 Å². The van der Waals surface area contributed by atoms with Crippen LogP contribution < -0.4 is 10.5 Å². The van der Waals surface area contributed by atoms with Gasteiger partial charge in [-0.25, -0.2) is 4.39 Å². The number of ether oxygens (including phenoxy) is 1. The number of rotatable bonds is 4. The summed E-state index contributed by atoms with van der Waals surface area (Å²) < 4.78 is 21.3. The van der Waals surface area contributed by atoms with E-state index in [2.05, 4.69) is 46.8 Å². The molecule has 0 amide bonds. The quantitative estimate of drug-likeness (QED) is 0.651. The monoisotopic (exact) mass is 434 g/mol. The maximum Gasteiger partial charge on any atom is 0.125 e. The number of alkyl halides is 1. The summed E-state index contributed by atoms with van der Waals surface area (Å²) in [6, 6.07) is 10.2. The number of methoxy groups -OCH3 is 1. The second kappa shape index (κ2) is 7.44. The van der Waals surface area contributed by atoms with E-state index >= 15 is 0 Å². The van der Waals surface area contributed by atoms with E-state index in [0.717, 1.165) is 33.5 Å². The molecule has 2 N–H and O–H groups in total. The molecule has 2 atom stereocenters. The smallest absolute Gasteiger partial charge is 0.125 e. The van der Waals surface area contributed by atoms with Gasteiger partial charge in [-0.2, -0.15) is 0 Å². The molecule has 2 aromatic carbocycles. The van der Waals surface area contributed by atoms with Crippen LogP contribution in [0.1, 0.15) is 49.1 Å². The third kappa shape index (κ3) is 3.99. The van der Waals surface area contributed by atoms with Gasteiger partial charge >= 0.3 is 0 Å². The number of hydrogen-bond acceptors (Lipinski definition) is 3. The van der Waals surface area contributed by atoms with E-state index in [-0.39, 0.29) is 12.1 Å². The Morgan fingerprint density at radius 2 is 1.93 bits per heavy atom. The Hall–Kier alpha value is -1.59. The second-order valence-electron chi connectivity index (χ2n) is 8.08. The summed E-state index contributed by atoms with van der Waals surface area (Å²) in [5, 5.41) is 0. The number of benzene rings is 2. The highest BCUT2D eigenvalue weighted by Crippen LogP contribution is 2.44. The van der Waals surface area contributed by atoms with Crippen LogP contribution in [0.15, 0.2) is 34.8 Å². The minimum atomic E-state index is -1.30. The van der Waals surface area contributed by atoms with Gasteiger partial charge in [0.15, 0.2) is 0 Å². The van der Waals surface area contributed by atoms with Crippen molar-refractivity contribution in [3.8, 4) is 5.75 Å². The lowest BCUT2D eigenvalue weighted by molar-refractivity contribution is 0.0668. The predicted molar refractivity (Wildman–Crippen MR) is 113 cm³/mol. The first kappa shape index (κ1) is 20.2. The fraction of sp³-hybridized carbons (Fsp3) is 0.455. The van der Waals surface area contributed by atoms with Crippen molar-refractivity contribution in [3.05, 3.63) is 57.1 Å². The zero-order valence-electron chi connectivity index (χ0n) is 16.6. The highest BCUT2D eigenvalue weighted by molar-refractivity contribution is 9.10. The van der Waals surface area contributed by atoms with E-state index < -0.39 is 5.67 Å². The van der Waals surface area contributed by atoms with Crippen LogP contribution in [0.4, 0.5) is 10.1 Å². The number of nitrogens with zero attached hydrogens (tertiary/aromatic N) is 1. The molecular formula is C22H28BrFN2O. The number of nitrogens with two attached hydrogens (primary N) is 1. The van der Waals surface area contributed by atoms with Gasteiger partial charge in [0, 0.05) is 28.3 Å². The van der Waals surface area contributed by atoms with E-state index in [9.17, 15) is 4.39 Å². The van der Waals surface area contributed by atoms with Crippen LogP contribution in [-0.4, -0.2) is 30.3 Å². The molecule has 1 heterocycles. The summed E-state index contributed by atoms with van der Waals surface area (Å²) in [6.07, 6.45) is 0.859. The molecule has 27 heavy (non-hydrogen) atoms. The summed E-state index contributed by atoms with van der Waals surface area (Å²) in [4.78, 5) is 2.25. The van der Waals surface area contributed by atoms with Crippen molar-refractivity contribution in [2.75, 3.05) is 19.4 Å². The Kier molecular flexibility index (Phi) is 5.55. The third-order valence-corrected chi connectivity index (χ3v) is 5.91. The molecule has 1 aliphatic heterocycles. The lowest BCUT2D eigenvalue weighted by atomic mass is 9.81.